The van der Waals surface area contributed by atoms with Gasteiger partial charge in [0, 0.05) is 24.3 Å². The van der Waals surface area contributed by atoms with Crippen molar-refractivity contribution >= 4 is 16.9 Å². The standard InChI is InChI=1S/C24H21FN4O2/c25-18-8-6-16(7-9-18)12-26-21(30)14-28-13-20(17-4-2-1-3-5-17)22-23(28)24(31)29(15-27-22)19-10-11-19/h1-9,13,15,19H,10-12,14H2,(H,26,30). The van der Waals surface area contributed by atoms with Gasteiger partial charge >= 0.3 is 0 Å². The van der Waals surface area contributed by atoms with E-state index in [1.54, 1.807) is 27.6 Å². The molecule has 2 aromatic carbocycles. The maximum absolute atomic E-state index is 13.2. The zero-order chi connectivity index (χ0) is 21.4. The topological polar surface area (TPSA) is 68.9 Å². The first kappa shape index (κ1) is 19.2. The molecule has 2 aromatic heterocycles. The van der Waals surface area contributed by atoms with Crippen LogP contribution in [0.25, 0.3) is 22.2 Å². The van der Waals surface area contributed by atoms with E-state index in [1.807, 2.05) is 36.5 Å². The summed E-state index contributed by atoms with van der Waals surface area (Å²) in [5, 5.41) is 2.84. The number of halogens is 1. The number of amides is 1. The van der Waals surface area contributed by atoms with Crippen molar-refractivity contribution in [3.05, 3.63) is 88.9 Å². The molecule has 2 heterocycles. The molecule has 0 spiro atoms. The zero-order valence-electron chi connectivity index (χ0n) is 16.8. The number of fused-ring (bicyclic) bond motifs is 1. The fraction of sp³-hybridized carbons (Fsp3) is 0.208. The summed E-state index contributed by atoms with van der Waals surface area (Å²) in [5.41, 5.74) is 3.47. The van der Waals surface area contributed by atoms with E-state index in [2.05, 4.69) is 10.3 Å². The highest BCUT2D eigenvalue weighted by atomic mass is 19.1. The number of carbonyl (C=O) groups is 1. The Morgan fingerprint density at radius 2 is 1.84 bits per heavy atom. The minimum absolute atomic E-state index is 0.00384. The third kappa shape index (κ3) is 3.86. The number of benzene rings is 2. The van der Waals surface area contributed by atoms with Gasteiger partial charge in [0.05, 0.1) is 6.33 Å². The van der Waals surface area contributed by atoms with E-state index in [0.717, 1.165) is 29.5 Å². The molecule has 1 N–H and O–H groups in total. The van der Waals surface area contributed by atoms with Gasteiger partial charge in [-0.1, -0.05) is 42.5 Å². The van der Waals surface area contributed by atoms with Gasteiger partial charge in [-0.15, -0.1) is 0 Å². The molecule has 7 heteroatoms. The van der Waals surface area contributed by atoms with Crippen molar-refractivity contribution in [1.82, 2.24) is 19.4 Å². The van der Waals surface area contributed by atoms with Gasteiger partial charge in [0.25, 0.3) is 5.56 Å². The summed E-state index contributed by atoms with van der Waals surface area (Å²) in [7, 11) is 0. The monoisotopic (exact) mass is 416 g/mol. The molecular formula is C24H21FN4O2. The summed E-state index contributed by atoms with van der Waals surface area (Å²) in [6, 6.07) is 15.9. The van der Waals surface area contributed by atoms with Gasteiger partial charge < -0.3 is 9.88 Å². The summed E-state index contributed by atoms with van der Waals surface area (Å²) in [6.07, 6.45) is 5.38. The summed E-state index contributed by atoms with van der Waals surface area (Å²) in [5.74, 6) is -0.552. The van der Waals surface area contributed by atoms with Crippen LogP contribution >= 0.6 is 0 Å². The van der Waals surface area contributed by atoms with E-state index in [-0.39, 0.29) is 36.4 Å². The first-order valence-electron chi connectivity index (χ1n) is 10.3. The zero-order valence-corrected chi connectivity index (χ0v) is 16.8. The molecule has 4 aromatic rings. The van der Waals surface area contributed by atoms with E-state index in [0.29, 0.717) is 11.0 Å². The van der Waals surface area contributed by atoms with Crippen LogP contribution in [0.1, 0.15) is 24.4 Å². The number of rotatable bonds is 6. The number of nitrogens with zero attached hydrogens (tertiary/aromatic N) is 3. The van der Waals surface area contributed by atoms with Crippen LogP contribution in [-0.4, -0.2) is 20.0 Å². The minimum atomic E-state index is -0.318. The summed E-state index contributed by atoms with van der Waals surface area (Å²) in [4.78, 5) is 30.4. The second-order valence-corrected chi connectivity index (χ2v) is 7.83. The number of carbonyl (C=O) groups excluding carboxylic acids is 1. The van der Waals surface area contributed by atoms with Gasteiger partial charge in [-0.25, -0.2) is 9.37 Å². The smallest absolute Gasteiger partial charge is 0.278 e. The first-order valence-corrected chi connectivity index (χ1v) is 10.3. The van der Waals surface area contributed by atoms with Gasteiger partial charge in [0.15, 0.2) is 0 Å². The Balaban J connectivity index is 1.48. The molecule has 31 heavy (non-hydrogen) atoms. The SMILES string of the molecule is O=C(Cn1cc(-c2ccccc2)c2ncn(C3CC3)c(=O)c21)NCc1ccc(F)cc1. The maximum Gasteiger partial charge on any atom is 0.278 e. The van der Waals surface area contributed by atoms with E-state index in [4.69, 9.17) is 0 Å². The van der Waals surface area contributed by atoms with Gasteiger partial charge in [-0.2, -0.15) is 0 Å². The van der Waals surface area contributed by atoms with Crippen molar-refractivity contribution in [2.24, 2.45) is 0 Å². The molecule has 0 aliphatic heterocycles. The third-order valence-corrected chi connectivity index (χ3v) is 5.54. The van der Waals surface area contributed by atoms with E-state index in [9.17, 15) is 14.0 Å². The van der Waals surface area contributed by atoms with Crippen LogP contribution in [0, 0.1) is 5.82 Å². The highest BCUT2D eigenvalue weighted by molar-refractivity contribution is 5.93. The first-order chi connectivity index (χ1) is 15.1. The van der Waals surface area contributed by atoms with Crippen LogP contribution in [0.5, 0.6) is 0 Å². The fourth-order valence-electron chi connectivity index (χ4n) is 3.77. The number of nitrogens with one attached hydrogen (secondary N) is 1. The van der Waals surface area contributed by atoms with Crippen molar-refractivity contribution in [2.45, 2.75) is 32.0 Å². The van der Waals surface area contributed by atoms with Crippen LogP contribution in [-0.2, 0) is 17.9 Å². The molecule has 1 aliphatic rings. The van der Waals surface area contributed by atoms with Crippen molar-refractivity contribution in [3.63, 3.8) is 0 Å². The molecule has 1 fully saturated rings. The molecular weight excluding hydrogens is 395 g/mol. The van der Waals surface area contributed by atoms with Gasteiger partial charge in [-0.05, 0) is 36.1 Å². The maximum atomic E-state index is 13.2. The summed E-state index contributed by atoms with van der Waals surface area (Å²) < 4.78 is 16.4. The van der Waals surface area contributed by atoms with E-state index in [1.165, 1.54) is 12.1 Å². The number of hydrogen-bond acceptors (Lipinski definition) is 3. The molecule has 1 aliphatic carbocycles. The second kappa shape index (κ2) is 7.83. The number of hydrogen-bond donors (Lipinski definition) is 1. The predicted octanol–water partition coefficient (Wildman–Crippen LogP) is 3.66. The van der Waals surface area contributed by atoms with Crippen LogP contribution < -0.4 is 10.9 Å². The molecule has 0 unspecified atom stereocenters. The molecule has 5 rings (SSSR count). The normalized spacial score (nSPS) is 13.5. The molecule has 0 atom stereocenters. The Morgan fingerprint density at radius 3 is 2.55 bits per heavy atom. The van der Waals surface area contributed by atoms with Crippen LogP contribution in [0.3, 0.4) is 0 Å². The second-order valence-electron chi connectivity index (χ2n) is 7.83. The quantitative estimate of drug-likeness (QED) is 0.522. The molecule has 1 saturated carbocycles. The van der Waals surface area contributed by atoms with Gasteiger partial charge in [-0.3, -0.25) is 14.2 Å². The summed E-state index contributed by atoms with van der Waals surface area (Å²) in [6.45, 7) is 0.282. The Kier molecular flexibility index (Phi) is 4.86. The fourth-order valence-corrected chi connectivity index (χ4v) is 3.77. The largest absolute Gasteiger partial charge is 0.350 e. The van der Waals surface area contributed by atoms with Crippen LogP contribution in [0.2, 0.25) is 0 Å². The number of aromatic nitrogens is 3. The lowest BCUT2D eigenvalue weighted by molar-refractivity contribution is -0.121. The van der Waals surface area contributed by atoms with Crippen molar-refractivity contribution in [1.29, 1.82) is 0 Å². The van der Waals surface area contributed by atoms with Crippen LogP contribution in [0.4, 0.5) is 4.39 Å². The van der Waals surface area contributed by atoms with Crippen molar-refractivity contribution in [2.75, 3.05) is 0 Å². The third-order valence-electron chi connectivity index (χ3n) is 5.54. The lowest BCUT2D eigenvalue weighted by Gasteiger charge is -2.08. The molecule has 0 saturated heterocycles. The van der Waals surface area contributed by atoms with E-state index < -0.39 is 0 Å². The minimum Gasteiger partial charge on any atom is -0.350 e. The average Bonchev–Trinajstić information content (AvgIpc) is 3.56. The molecule has 6 nitrogen and oxygen atoms in total. The lowest BCUT2D eigenvalue weighted by atomic mass is 10.1. The molecule has 0 radical (unpaired) electrons. The van der Waals surface area contributed by atoms with Gasteiger partial charge in [0.2, 0.25) is 5.91 Å². The van der Waals surface area contributed by atoms with Gasteiger partial charge in [0.1, 0.15) is 23.4 Å². The average molecular weight is 416 g/mol. The molecule has 0 bridgehead atoms. The Bertz CT molecular complexity index is 1310. The lowest BCUT2D eigenvalue weighted by Crippen LogP contribution is -2.28. The summed E-state index contributed by atoms with van der Waals surface area (Å²) >= 11 is 0. The highest BCUT2D eigenvalue weighted by Gasteiger charge is 2.27. The van der Waals surface area contributed by atoms with E-state index >= 15 is 0 Å². The Morgan fingerprint density at radius 1 is 1.10 bits per heavy atom. The van der Waals surface area contributed by atoms with Crippen LogP contribution in [0.15, 0.2) is 71.9 Å². The highest BCUT2D eigenvalue weighted by Crippen LogP contribution is 2.34. The molecule has 1 amide bonds. The van der Waals surface area contributed by atoms with Crippen molar-refractivity contribution < 1.29 is 9.18 Å². The predicted molar refractivity (Wildman–Crippen MR) is 116 cm³/mol. The Labute approximate surface area is 178 Å². The van der Waals surface area contributed by atoms with Crippen molar-refractivity contribution in [3.8, 4) is 11.1 Å². The Hall–Kier alpha value is -3.74. The molecule has 156 valence electrons.